The molecule has 0 unspecified atom stereocenters. The van der Waals surface area contributed by atoms with Gasteiger partial charge in [0, 0.05) is 23.9 Å². The van der Waals surface area contributed by atoms with Gasteiger partial charge in [-0.3, -0.25) is 4.79 Å². The Morgan fingerprint density at radius 1 is 1.32 bits per heavy atom. The number of amides is 1. The molecule has 31 heavy (non-hydrogen) atoms. The Morgan fingerprint density at radius 3 is 2.71 bits per heavy atom. The van der Waals surface area contributed by atoms with E-state index < -0.39 is 18.0 Å². The average molecular weight is 424 g/mol. The molecular formula is C23H25FN4O3. The molecule has 1 saturated heterocycles. The molecule has 0 bridgehead atoms. The van der Waals surface area contributed by atoms with E-state index >= 15 is 0 Å². The maximum atomic E-state index is 14.8. The lowest BCUT2D eigenvalue weighted by molar-refractivity contribution is -0.213. The summed E-state index contributed by atoms with van der Waals surface area (Å²) in [6.07, 6.45) is 5.66. The Kier molecular flexibility index (Phi) is 5.03. The zero-order chi connectivity index (χ0) is 21.6. The topological polar surface area (TPSA) is 69.5 Å². The van der Waals surface area contributed by atoms with Crippen molar-refractivity contribution in [2.45, 2.75) is 45.4 Å². The third kappa shape index (κ3) is 4.34. The van der Waals surface area contributed by atoms with Crippen molar-refractivity contribution in [3.63, 3.8) is 0 Å². The van der Waals surface area contributed by atoms with E-state index in [4.69, 9.17) is 9.47 Å². The molecule has 1 amide bonds. The van der Waals surface area contributed by atoms with Crippen LogP contribution in [0.3, 0.4) is 0 Å². The average Bonchev–Trinajstić information content (AvgIpc) is 3.67. The maximum Gasteiger partial charge on any atom is 0.280 e. The van der Waals surface area contributed by atoms with Crippen LogP contribution < -0.4 is 4.90 Å². The van der Waals surface area contributed by atoms with Crippen LogP contribution in [0.5, 0.6) is 0 Å². The molecule has 5 rings (SSSR count). The van der Waals surface area contributed by atoms with Gasteiger partial charge in [-0.1, -0.05) is 17.1 Å². The molecular weight excluding hydrogens is 399 g/mol. The number of rotatable bonds is 4. The van der Waals surface area contributed by atoms with Crippen LogP contribution in [-0.2, 0) is 16.0 Å². The summed E-state index contributed by atoms with van der Waals surface area (Å²) >= 11 is 0. The SMILES string of the molecule is Cc1cc(C#CC2CC2)cc(F)c1N(C)C(=O)c1cn(CC2OCC3(CC3)CO2)nn1. The monoisotopic (exact) mass is 424 g/mol. The molecule has 8 heteroatoms. The molecule has 0 N–H and O–H groups in total. The first-order valence-corrected chi connectivity index (χ1v) is 10.7. The highest BCUT2D eigenvalue weighted by atomic mass is 19.1. The number of nitrogens with zero attached hydrogens (tertiary/aromatic N) is 4. The van der Waals surface area contributed by atoms with Crippen LogP contribution in [0.1, 0.15) is 47.3 Å². The van der Waals surface area contributed by atoms with Gasteiger partial charge in [-0.2, -0.15) is 0 Å². The maximum absolute atomic E-state index is 14.8. The summed E-state index contributed by atoms with van der Waals surface area (Å²) < 4.78 is 27.9. The largest absolute Gasteiger partial charge is 0.350 e. The van der Waals surface area contributed by atoms with Gasteiger partial charge in [-0.15, -0.1) is 5.10 Å². The quantitative estimate of drug-likeness (QED) is 0.706. The van der Waals surface area contributed by atoms with E-state index in [0.717, 1.165) is 25.7 Å². The Balaban J connectivity index is 1.26. The highest BCUT2D eigenvalue weighted by Crippen LogP contribution is 2.48. The third-order valence-electron chi connectivity index (χ3n) is 6.09. The lowest BCUT2D eigenvalue weighted by Crippen LogP contribution is -2.36. The molecule has 0 atom stereocenters. The molecule has 3 fully saturated rings. The molecule has 1 aromatic carbocycles. The molecule has 7 nitrogen and oxygen atoms in total. The number of hydrogen-bond donors (Lipinski definition) is 0. The number of hydrogen-bond acceptors (Lipinski definition) is 5. The predicted molar refractivity (Wildman–Crippen MR) is 111 cm³/mol. The van der Waals surface area contributed by atoms with Crippen LogP contribution in [0.4, 0.5) is 10.1 Å². The fraction of sp³-hybridized carbons (Fsp3) is 0.522. The lowest BCUT2D eigenvalue weighted by Gasteiger charge is -2.29. The van der Waals surface area contributed by atoms with Crippen molar-refractivity contribution in [1.29, 1.82) is 0 Å². The molecule has 1 spiro atoms. The molecule has 1 aromatic heterocycles. The molecule has 0 radical (unpaired) electrons. The zero-order valence-corrected chi connectivity index (χ0v) is 17.7. The molecule has 1 aliphatic heterocycles. The number of ether oxygens (including phenoxy) is 2. The van der Waals surface area contributed by atoms with Crippen molar-refractivity contribution in [2.75, 3.05) is 25.2 Å². The third-order valence-corrected chi connectivity index (χ3v) is 6.09. The molecule has 2 saturated carbocycles. The van der Waals surface area contributed by atoms with E-state index in [0.29, 0.717) is 36.8 Å². The van der Waals surface area contributed by atoms with Gasteiger partial charge in [0.05, 0.1) is 31.6 Å². The number of aromatic nitrogens is 3. The van der Waals surface area contributed by atoms with E-state index in [1.165, 1.54) is 28.9 Å². The summed E-state index contributed by atoms with van der Waals surface area (Å²) in [5.41, 5.74) is 1.83. The van der Waals surface area contributed by atoms with E-state index in [1.807, 2.05) is 0 Å². The summed E-state index contributed by atoms with van der Waals surface area (Å²) in [6, 6.07) is 3.18. The first-order chi connectivity index (χ1) is 14.9. The second kappa shape index (κ2) is 7.74. The highest BCUT2D eigenvalue weighted by Gasteiger charge is 2.47. The Hall–Kier alpha value is -2.76. The van der Waals surface area contributed by atoms with E-state index in [-0.39, 0.29) is 16.8 Å². The van der Waals surface area contributed by atoms with Gasteiger partial charge >= 0.3 is 0 Å². The van der Waals surface area contributed by atoms with Crippen LogP contribution in [0.2, 0.25) is 0 Å². The smallest absolute Gasteiger partial charge is 0.280 e. The highest BCUT2D eigenvalue weighted by molar-refractivity contribution is 6.04. The summed E-state index contributed by atoms with van der Waals surface area (Å²) in [5.74, 6) is 5.67. The van der Waals surface area contributed by atoms with Gasteiger partial charge in [-0.25, -0.2) is 9.07 Å². The Morgan fingerprint density at radius 2 is 2.06 bits per heavy atom. The number of halogens is 1. The number of benzene rings is 1. The van der Waals surface area contributed by atoms with Crippen molar-refractivity contribution in [2.24, 2.45) is 11.3 Å². The van der Waals surface area contributed by atoms with Gasteiger partial charge in [0.15, 0.2) is 12.0 Å². The van der Waals surface area contributed by atoms with E-state index in [9.17, 15) is 9.18 Å². The fourth-order valence-corrected chi connectivity index (χ4v) is 3.76. The second-order valence-corrected chi connectivity index (χ2v) is 8.91. The molecule has 162 valence electrons. The molecule has 2 aromatic rings. The normalized spacial score (nSPS) is 19.7. The van der Waals surface area contributed by atoms with Crippen LogP contribution in [0, 0.1) is 35.9 Å². The second-order valence-electron chi connectivity index (χ2n) is 8.91. The number of carbonyl (C=O) groups excluding carboxylic acids is 1. The Bertz CT molecular complexity index is 1040. The number of carbonyl (C=O) groups is 1. The minimum absolute atomic E-state index is 0.133. The van der Waals surface area contributed by atoms with Crippen LogP contribution in [-0.4, -0.2) is 47.5 Å². The standard InChI is InChI=1S/C23H25FN4O3/c1-15-9-17(6-5-16-3-4-16)10-18(24)21(15)27(2)22(29)19-11-28(26-25-19)12-20-30-13-23(7-8-23)14-31-20/h9-11,16,20H,3-4,7-8,12-14H2,1-2H3. The summed E-state index contributed by atoms with van der Waals surface area (Å²) in [4.78, 5) is 14.2. The summed E-state index contributed by atoms with van der Waals surface area (Å²) in [6.45, 7) is 3.51. The van der Waals surface area contributed by atoms with Gasteiger partial charge < -0.3 is 14.4 Å². The van der Waals surface area contributed by atoms with Crippen molar-refractivity contribution in [1.82, 2.24) is 15.0 Å². The first kappa shape index (κ1) is 20.2. The van der Waals surface area contributed by atoms with Crippen molar-refractivity contribution in [3.8, 4) is 11.8 Å². The molecule has 2 heterocycles. The molecule has 3 aliphatic rings. The van der Waals surface area contributed by atoms with Crippen molar-refractivity contribution < 1.29 is 18.7 Å². The van der Waals surface area contributed by atoms with Gasteiger partial charge in [0.1, 0.15) is 5.82 Å². The van der Waals surface area contributed by atoms with Crippen molar-refractivity contribution in [3.05, 3.63) is 41.0 Å². The number of aryl methyl sites for hydroxylation is 1. The predicted octanol–water partition coefficient (Wildman–Crippen LogP) is 2.92. The summed E-state index contributed by atoms with van der Waals surface area (Å²) in [7, 11) is 1.53. The van der Waals surface area contributed by atoms with E-state index in [2.05, 4.69) is 22.2 Å². The van der Waals surface area contributed by atoms with Crippen LogP contribution >= 0.6 is 0 Å². The minimum Gasteiger partial charge on any atom is -0.350 e. The molecule has 2 aliphatic carbocycles. The van der Waals surface area contributed by atoms with Crippen molar-refractivity contribution >= 4 is 11.6 Å². The van der Waals surface area contributed by atoms with Crippen LogP contribution in [0.15, 0.2) is 18.3 Å². The number of anilines is 1. The van der Waals surface area contributed by atoms with Gasteiger partial charge in [0.2, 0.25) is 0 Å². The van der Waals surface area contributed by atoms with Crippen LogP contribution in [0.25, 0.3) is 0 Å². The lowest BCUT2D eigenvalue weighted by atomic mass is 10.1. The minimum atomic E-state index is -0.485. The van der Waals surface area contributed by atoms with Gasteiger partial charge in [-0.05, 0) is 50.3 Å². The van der Waals surface area contributed by atoms with E-state index in [1.54, 1.807) is 13.0 Å². The van der Waals surface area contributed by atoms with Gasteiger partial charge in [0.25, 0.3) is 5.91 Å². The Labute approximate surface area is 180 Å². The fourth-order valence-electron chi connectivity index (χ4n) is 3.76. The first-order valence-electron chi connectivity index (χ1n) is 10.7. The summed E-state index contributed by atoms with van der Waals surface area (Å²) in [5, 5.41) is 7.98. The zero-order valence-electron chi connectivity index (χ0n) is 17.7.